The van der Waals surface area contributed by atoms with Gasteiger partial charge in [0, 0.05) is 32.3 Å². The number of ether oxygens (including phenoxy) is 1. The van der Waals surface area contributed by atoms with Gasteiger partial charge >= 0.3 is 0 Å². The summed E-state index contributed by atoms with van der Waals surface area (Å²) in [5, 5.41) is 0. The maximum atomic E-state index is 6.28. The third-order valence-corrected chi connectivity index (χ3v) is 4.53. The Morgan fingerprint density at radius 1 is 1.31 bits per heavy atom. The predicted octanol–water partition coefficient (Wildman–Crippen LogP) is 1.61. The van der Waals surface area contributed by atoms with Crippen LogP contribution in [-0.4, -0.2) is 43.3 Å². The van der Waals surface area contributed by atoms with Crippen LogP contribution in [0, 0.1) is 5.92 Å². The minimum Gasteiger partial charge on any atom is -0.380 e. The van der Waals surface area contributed by atoms with E-state index in [1.54, 1.807) is 0 Å². The summed E-state index contributed by atoms with van der Waals surface area (Å²) >= 11 is 0. The highest BCUT2D eigenvalue weighted by molar-refractivity contribution is 4.92. The van der Waals surface area contributed by atoms with Crippen molar-refractivity contribution in [2.75, 3.05) is 20.2 Å². The van der Waals surface area contributed by atoms with Gasteiger partial charge in [-0.1, -0.05) is 13.3 Å². The highest BCUT2D eigenvalue weighted by Crippen LogP contribution is 2.31. The van der Waals surface area contributed by atoms with E-state index in [1.165, 1.54) is 38.6 Å². The molecular formula is C13H26N2O. The first kappa shape index (κ1) is 12.3. The van der Waals surface area contributed by atoms with Crippen molar-refractivity contribution in [1.29, 1.82) is 0 Å². The summed E-state index contributed by atoms with van der Waals surface area (Å²) in [6.45, 7) is 4.57. The van der Waals surface area contributed by atoms with E-state index >= 15 is 0 Å². The molecule has 4 atom stereocenters. The topological polar surface area (TPSA) is 38.5 Å². The summed E-state index contributed by atoms with van der Waals surface area (Å²) in [6.07, 6.45) is 6.76. The Labute approximate surface area is 99.3 Å². The number of rotatable bonds is 3. The fourth-order valence-electron chi connectivity index (χ4n) is 3.29. The number of likely N-dealkylation sites (tertiary alicyclic amines) is 1. The molecule has 4 unspecified atom stereocenters. The molecule has 1 saturated carbocycles. The van der Waals surface area contributed by atoms with E-state index in [2.05, 4.69) is 11.8 Å². The van der Waals surface area contributed by atoms with Crippen LogP contribution in [0.2, 0.25) is 0 Å². The largest absolute Gasteiger partial charge is 0.380 e. The summed E-state index contributed by atoms with van der Waals surface area (Å²) in [5.74, 6) is 0.895. The van der Waals surface area contributed by atoms with Gasteiger partial charge in [0.2, 0.25) is 0 Å². The lowest BCUT2D eigenvalue weighted by Crippen LogP contribution is -2.50. The normalized spacial score (nSPS) is 41.4. The quantitative estimate of drug-likeness (QED) is 0.794. The molecule has 1 saturated heterocycles. The van der Waals surface area contributed by atoms with Gasteiger partial charge in [-0.25, -0.2) is 0 Å². The highest BCUT2D eigenvalue weighted by atomic mass is 16.5. The zero-order valence-electron chi connectivity index (χ0n) is 10.7. The van der Waals surface area contributed by atoms with Crippen LogP contribution in [-0.2, 0) is 4.74 Å². The smallest absolute Gasteiger partial charge is 0.0710 e. The molecule has 1 aliphatic carbocycles. The Bertz CT molecular complexity index is 222. The van der Waals surface area contributed by atoms with E-state index in [-0.39, 0.29) is 0 Å². The number of hydrogen-bond donors (Lipinski definition) is 1. The molecule has 94 valence electrons. The van der Waals surface area contributed by atoms with E-state index in [1.807, 2.05) is 7.11 Å². The lowest BCUT2D eigenvalue weighted by atomic mass is 9.81. The van der Waals surface area contributed by atoms with Gasteiger partial charge in [-0.15, -0.1) is 0 Å². The fraction of sp³-hybridized carbons (Fsp3) is 1.00. The number of nitrogens with zero attached hydrogens (tertiary/aromatic N) is 1. The molecule has 2 fully saturated rings. The van der Waals surface area contributed by atoms with Gasteiger partial charge in [0.25, 0.3) is 0 Å². The van der Waals surface area contributed by atoms with Crippen molar-refractivity contribution in [2.24, 2.45) is 11.7 Å². The van der Waals surface area contributed by atoms with Crippen LogP contribution in [0.5, 0.6) is 0 Å². The maximum absolute atomic E-state index is 6.28. The first-order valence-corrected chi connectivity index (χ1v) is 6.77. The number of nitrogens with two attached hydrogens (primary N) is 1. The van der Waals surface area contributed by atoms with Crippen molar-refractivity contribution in [1.82, 2.24) is 4.90 Å². The molecule has 0 aromatic rings. The van der Waals surface area contributed by atoms with Crippen molar-refractivity contribution in [2.45, 2.75) is 57.2 Å². The van der Waals surface area contributed by atoms with E-state index < -0.39 is 0 Å². The van der Waals surface area contributed by atoms with Crippen molar-refractivity contribution in [3.63, 3.8) is 0 Å². The Kier molecular flexibility index (Phi) is 4.22. The van der Waals surface area contributed by atoms with Crippen molar-refractivity contribution in [3.8, 4) is 0 Å². The van der Waals surface area contributed by atoms with Crippen LogP contribution in [0.1, 0.15) is 39.0 Å². The van der Waals surface area contributed by atoms with Gasteiger partial charge in [-0.05, 0) is 31.6 Å². The molecule has 3 heteroatoms. The molecule has 3 nitrogen and oxygen atoms in total. The van der Waals surface area contributed by atoms with Crippen molar-refractivity contribution >= 4 is 0 Å². The minimum absolute atomic E-state index is 0.387. The Morgan fingerprint density at radius 3 is 2.75 bits per heavy atom. The van der Waals surface area contributed by atoms with Gasteiger partial charge in [-0.3, -0.25) is 4.90 Å². The number of methoxy groups -OCH3 is 1. The standard InChI is InChI=1S/C13H26N2O/c1-3-10-4-5-12(14)13(8-10)15-7-6-11(9-15)16-2/h10-13H,3-9,14H2,1-2H3. The zero-order chi connectivity index (χ0) is 11.5. The summed E-state index contributed by atoms with van der Waals surface area (Å²) in [4.78, 5) is 2.57. The predicted molar refractivity (Wildman–Crippen MR) is 66.4 cm³/mol. The summed E-state index contributed by atoms with van der Waals surface area (Å²) in [6, 6.07) is 0.997. The second-order valence-corrected chi connectivity index (χ2v) is 5.46. The van der Waals surface area contributed by atoms with Crippen LogP contribution >= 0.6 is 0 Å². The van der Waals surface area contributed by atoms with Crippen LogP contribution < -0.4 is 5.73 Å². The molecule has 0 bridgehead atoms. The first-order valence-electron chi connectivity index (χ1n) is 6.77. The molecule has 0 aromatic heterocycles. The monoisotopic (exact) mass is 226 g/mol. The molecule has 1 heterocycles. The minimum atomic E-state index is 0.387. The van der Waals surface area contributed by atoms with Gasteiger partial charge in [0.1, 0.15) is 0 Å². The Hall–Kier alpha value is -0.120. The Morgan fingerprint density at radius 2 is 2.12 bits per heavy atom. The molecule has 2 rings (SSSR count). The van der Waals surface area contributed by atoms with E-state index in [4.69, 9.17) is 10.5 Å². The summed E-state index contributed by atoms with van der Waals surface area (Å²) in [7, 11) is 1.82. The molecule has 0 radical (unpaired) electrons. The average Bonchev–Trinajstić information content (AvgIpc) is 2.78. The molecular weight excluding hydrogens is 200 g/mol. The van der Waals surface area contributed by atoms with Crippen LogP contribution in [0.15, 0.2) is 0 Å². The summed E-state index contributed by atoms with van der Waals surface area (Å²) < 4.78 is 5.44. The summed E-state index contributed by atoms with van der Waals surface area (Å²) in [5.41, 5.74) is 6.28. The third-order valence-electron chi connectivity index (χ3n) is 4.53. The van der Waals surface area contributed by atoms with E-state index in [0.29, 0.717) is 18.2 Å². The molecule has 2 N–H and O–H groups in total. The van der Waals surface area contributed by atoms with Gasteiger partial charge < -0.3 is 10.5 Å². The van der Waals surface area contributed by atoms with E-state index in [0.717, 1.165) is 12.5 Å². The van der Waals surface area contributed by atoms with Gasteiger partial charge in [0.05, 0.1) is 6.10 Å². The molecule has 0 spiro atoms. The van der Waals surface area contributed by atoms with Gasteiger partial charge in [-0.2, -0.15) is 0 Å². The fourth-order valence-corrected chi connectivity index (χ4v) is 3.29. The Balaban J connectivity index is 1.91. The van der Waals surface area contributed by atoms with E-state index in [9.17, 15) is 0 Å². The SMILES string of the molecule is CCC1CCC(N)C(N2CCC(OC)C2)C1. The van der Waals surface area contributed by atoms with Crippen molar-refractivity contribution in [3.05, 3.63) is 0 Å². The maximum Gasteiger partial charge on any atom is 0.0710 e. The molecule has 0 aromatic carbocycles. The highest BCUT2D eigenvalue weighted by Gasteiger charge is 2.35. The zero-order valence-corrected chi connectivity index (χ0v) is 10.7. The lowest BCUT2D eigenvalue weighted by Gasteiger charge is -2.39. The molecule has 0 amide bonds. The average molecular weight is 226 g/mol. The van der Waals surface area contributed by atoms with Crippen LogP contribution in [0.3, 0.4) is 0 Å². The molecule has 1 aliphatic heterocycles. The van der Waals surface area contributed by atoms with Crippen molar-refractivity contribution < 1.29 is 4.74 Å². The molecule has 16 heavy (non-hydrogen) atoms. The lowest BCUT2D eigenvalue weighted by molar-refractivity contribution is 0.0832. The van der Waals surface area contributed by atoms with Crippen LogP contribution in [0.4, 0.5) is 0 Å². The third kappa shape index (κ3) is 2.58. The second-order valence-electron chi connectivity index (χ2n) is 5.46. The van der Waals surface area contributed by atoms with Crippen LogP contribution in [0.25, 0.3) is 0 Å². The number of hydrogen-bond acceptors (Lipinski definition) is 3. The molecule has 2 aliphatic rings. The van der Waals surface area contributed by atoms with Gasteiger partial charge in [0.15, 0.2) is 0 Å². The first-order chi connectivity index (χ1) is 7.74. The second kappa shape index (κ2) is 5.48.